The van der Waals surface area contributed by atoms with E-state index in [9.17, 15) is 4.39 Å². The zero-order valence-electron chi connectivity index (χ0n) is 12.4. The van der Waals surface area contributed by atoms with Crippen LogP contribution < -0.4 is 0 Å². The summed E-state index contributed by atoms with van der Waals surface area (Å²) in [5.41, 5.74) is 3.43. The van der Waals surface area contributed by atoms with Gasteiger partial charge in [0.15, 0.2) is 0 Å². The maximum atomic E-state index is 13.8. The van der Waals surface area contributed by atoms with E-state index in [0.717, 1.165) is 23.5 Å². The predicted octanol–water partition coefficient (Wildman–Crippen LogP) is 5.27. The summed E-state index contributed by atoms with van der Waals surface area (Å²) in [5, 5.41) is 0. The van der Waals surface area contributed by atoms with Gasteiger partial charge in [-0.2, -0.15) is 0 Å². The summed E-state index contributed by atoms with van der Waals surface area (Å²) < 4.78 is 13.8. The summed E-state index contributed by atoms with van der Waals surface area (Å²) in [6, 6.07) is 13.6. The van der Waals surface area contributed by atoms with Crippen molar-refractivity contribution < 1.29 is 4.39 Å². The molecule has 1 nitrogen and oxygen atoms in total. The Bertz CT molecular complexity index is 732. The van der Waals surface area contributed by atoms with Crippen LogP contribution in [0.5, 0.6) is 0 Å². The van der Waals surface area contributed by atoms with Gasteiger partial charge in [0.1, 0.15) is 5.82 Å². The van der Waals surface area contributed by atoms with Crippen LogP contribution >= 0.6 is 11.8 Å². The highest BCUT2D eigenvalue weighted by Crippen LogP contribution is 2.42. The summed E-state index contributed by atoms with van der Waals surface area (Å²) in [4.78, 5) is 4.80. The van der Waals surface area contributed by atoms with Gasteiger partial charge in [-0.25, -0.2) is 4.39 Å². The highest BCUT2D eigenvalue weighted by atomic mass is 32.2. The number of rotatable bonds is 1. The number of benzene rings is 2. The van der Waals surface area contributed by atoms with Gasteiger partial charge in [0.05, 0.1) is 0 Å². The second kappa shape index (κ2) is 5.81. The van der Waals surface area contributed by atoms with Gasteiger partial charge in [-0.3, -0.25) is 0 Å². The van der Waals surface area contributed by atoms with E-state index < -0.39 is 0 Å². The van der Waals surface area contributed by atoms with Crippen molar-refractivity contribution >= 4 is 23.5 Å². The molecule has 1 saturated heterocycles. The van der Waals surface area contributed by atoms with Crippen LogP contribution in [0.25, 0.3) is 11.8 Å². The maximum absolute atomic E-state index is 13.8. The van der Waals surface area contributed by atoms with Crippen LogP contribution in [0.4, 0.5) is 4.39 Å². The summed E-state index contributed by atoms with van der Waals surface area (Å²) in [7, 11) is 0. The summed E-state index contributed by atoms with van der Waals surface area (Å²) in [5.74, 6) is -0.159. The first kappa shape index (κ1) is 13.9. The molecule has 0 aliphatic carbocycles. The van der Waals surface area contributed by atoms with Crippen molar-refractivity contribution in [2.45, 2.75) is 29.1 Å². The number of halogens is 1. The Hall–Kier alpha value is -1.74. The van der Waals surface area contributed by atoms with Crippen LogP contribution in [0.15, 0.2) is 52.3 Å². The topological polar surface area (TPSA) is 3.24 Å². The molecule has 0 N–H and O–H groups in total. The smallest absolute Gasteiger partial charge is 0.123 e. The zero-order valence-corrected chi connectivity index (χ0v) is 13.2. The van der Waals surface area contributed by atoms with Gasteiger partial charge in [-0.15, -0.1) is 0 Å². The average Bonchev–Trinajstić information content (AvgIpc) is 2.72. The molecule has 0 amide bonds. The van der Waals surface area contributed by atoms with E-state index in [1.807, 2.05) is 6.07 Å². The van der Waals surface area contributed by atoms with Gasteiger partial charge in [-0.05, 0) is 55.2 Å². The van der Waals surface area contributed by atoms with Gasteiger partial charge in [0, 0.05) is 34.1 Å². The second-order valence-corrected chi connectivity index (χ2v) is 6.94. The van der Waals surface area contributed by atoms with Crippen LogP contribution in [0.3, 0.4) is 0 Å². The lowest BCUT2D eigenvalue weighted by atomic mass is 10.0. The first-order valence-corrected chi connectivity index (χ1v) is 8.66. The minimum absolute atomic E-state index is 0.159. The number of likely N-dealkylation sites (tertiary alicyclic amines) is 1. The Kier molecular flexibility index (Phi) is 3.67. The van der Waals surface area contributed by atoms with Crippen molar-refractivity contribution in [2.75, 3.05) is 13.1 Å². The van der Waals surface area contributed by atoms with Crippen molar-refractivity contribution in [1.29, 1.82) is 0 Å². The summed E-state index contributed by atoms with van der Waals surface area (Å²) in [6.45, 7) is 2.13. The number of hydrogen-bond donors (Lipinski definition) is 0. The van der Waals surface area contributed by atoms with E-state index in [1.165, 1.54) is 35.4 Å². The molecule has 2 heterocycles. The third-order valence-electron chi connectivity index (χ3n) is 4.35. The molecule has 2 aliphatic heterocycles. The Morgan fingerprint density at radius 2 is 1.73 bits per heavy atom. The van der Waals surface area contributed by atoms with Crippen LogP contribution in [0.1, 0.15) is 30.4 Å². The van der Waals surface area contributed by atoms with Crippen molar-refractivity contribution in [3.63, 3.8) is 0 Å². The molecule has 22 heavy (non-hydrogen) atoms. The van der Waals surface area contributed by atoms with E-state index >= 15 is 0 Å². The lowest BCUT2D eigenvalue weighted by molar-refractivity contribution is 0.326. The monoisotopic (exact) mass is 311 g/mol. The highest BCUT2D eigenvalue weighted by molar-refractivity contribution is 7.99. The van der Waals surface area contributed by atoms with Gasteiger partial charge in [0.2, 0.25) is 0 Å². The normalized spacial score (nSPS) is 17.3. The Morgan fingerprint density at radius 3 is 2.59 bits per heavy atom. The lowest BCUT2D eigenvalue weighted by Gasteiger charge is -2.31. The van der Waals surface area contributed by atoms with Crippen molar-refractivity contribution in [3.8, 4) is 0 Å². The molecule has 0 bridgehead atoms. The number of piperidine rings is 1. The van der Waals surface area contributed by atoms with Crippen LogP contribution in [-0.4, -0.2) is 18.0 Å². The van der Waals surface area contributed by atoms with Crippen molar-refractivity contribution in [2.24, 2.45) is 0 Å². The van der Waals surface area contributed by atoms with Gasteiger partial charge in [-0.1, -0.05) is 30.0 Å². The fourth-order valence-electron chi connectivity index (χ4n) is 3.22. The van der Waals surface area contributed by atoms with Gasteiger partial charge in [0.25, 0.3) is 0 Å². The minimum atomic E-state index is -0.159. The van der Waals surface area contributed by atoms with E-state index in [1.54, 1.807) is 23.9 Å². The van der Waals surface area contributed by atoms with Crippen LogP contribution in [-0.2, 0) is 0 Å². The molecule has 2 aliphatic rings. The summed E-state index contributed by atoms with van der Waals surface area (Å²) >= 11 is 1.73. The third-order valence-corrected chi connectivity index (χ3v) is 5.51. The molecule has 1 fully saturated rings. The van der Waals surface area contributed by atoms with E-state index in [0.29, 0.717) is 0 Å². The predicted molar refractivity (Wildman–Crippen MR) is 90.3 cm³/mol. The maximum Gasteiger partial charge on any atom is 0.123 e. The molecular formula is C19H18FNS. The largest absolute Gasteiger partial charge is 0.371 e. The number of fused-ring (bicyclic) bond motifs is 2. The molecule has 4 rings (SSSR count). The van der Waals surface area contributed by atoms with E-state index in [2.05, 4.69) is 35.2 Å². The fraction of sp³-hybridized carbons (Fsp3) is 0.263. The van der Waals surface area contributed by atoms with Gasteiger partial charge >= 0.3 is 0 Å². The zero-order chi connectivity index (χ0) is 14.9. The van der Waals surface area contributed by atoms with Gasteiger partial charge < -0.3 is 4.90 Å². The standard InChI is InChI=1S/C19H18FNS/c20-15-8-9-19-16(13-15)17(21-10-4-1-5-11-21)12-14-6-2-3-7-18(14)22-19/h2-3,6-9,12-13H,1,4-5,10-11H2. The molecule has 0 spiro atoms. The molecule has 0 aromatic heterocycles. The Balaban J connectivity index is 1.88. The molecule has 0 atom stereocenters. The number of hydrogen-bond acceptors (Lipinski definition) is 2. The molecule has 0 saturated carbocycles. The lowest BCUT2D eigenvalue weighted by Crippen LogP contribution is -2.28. The minimum Gasteiger partial charge on any atom is -0.371 e. The second-order valence-electron chi connectivity index (χ2n) is 5.86. The first-order valence-electron chi connectivity index (χ1n) is 7.85. The Labute approximate surface area is 134 Å². The van der Waals surface area contributed by atoms with E-state index in [4.69, 9.17) is 0 Å². The fourth-order valence-corrected chi connectivity index (χ4v) is 4.26. The molecule has 0 radical (unpaired) electrons. The molecule has 3 heteroatoms. The molecule has 0 unspecified atom stereocenters. The van der Waals surface area contributed by atoms with E-state index in [-0.39, 0.29) is 5.82 Å². The Morgan fingerprint density at radius 1 is 0.909 bits per heavy atom. The summed E-state index contributed by atoms with van der Waals surface area (Å²) in [6.07, 6.45) is 5.97. The van der Waals surface area contributed by atoms with Crippen LogP contribution in [0, 0.1) is 5.82 Å². The number of nitrogens with zero attached hydrogens (tertiary/aromatic N) is 1. The van der Waals surface area contributed by atoms with Crippen molar-refractivity contribution in [3.05, 3.63) is 59.4 Å². The quantitative estimate of drug-likeness (QED) is 0.705. The average molecular weight is 311 g/mol. The molecular weight excluding hydrogens is 293 g/mol. The van der Waals surface area contributed by atoms with Crippen LogP contribution in [0.2, 0.25) is 0 Å². The molecule has 112 valence electrons. The third kappa shape index (κ3) is 2.54. The molecule has 2 aromatic carbocycles. The first-order chi connectivity index (χ1) is 10.8. The highest BCUT2D eigenvalue weighted by Gasteiger charge is 2.22. The molecule has 2 aromatic rings. The van der Waals surface area contributed by atoms with Crippen molar-refractivity contribution in [1.82, 2.24) is 4.90 Å². The SMILES string of the molecule is Fc1ccc2c(c1)C(N1CCCCC1)=Cc1ccccc1S2.